The van der Waals surface area contributed by atoms with Crippen LogP contribution in [0.3, 0.4) is 0 Å². The minimum Gasteiger partial charge on any atom is -0.300 e. The van der Waals surface area contributed by atoms with E-state index in [-0.39, 0.29) is 11.2 Å². The van der Waals surface area contributed by atoms with Crippen molar-refractivity contribution in [2.75, 3.05) is 0 Å². The first-order valence-electron chi connectivity index (χ1n) is 5.25. The molecule has 98 valence electrons. The van der Waals surface area contributed by atoms with Gasteiger partial charge in [-0.1, -0.05) is 18.2 Å². The van der Waals surface area contributed by atoms with Gasteiger partial charge < -0.3 is 0 Å². The number of fused-ring (bicyclic) bond motifs is 1. The van der Waals surface area contributed by atoms with Crippen molar-refractivity contribution in [3.8, 4) is 0 Å². The zero-order valence-corrected chi connectivity index (χ0v) is 10.5. The van der Waals surface area contributed by atoms with Crippen LogP contribution in [0.1, 0.15) is 0 Å². The SMILES string of the molecule is O=c1[nH]c(=O)c2[nH]c(=O)[nH]c2[nH]1.Sc1ccccc1. The van der Waals surface area contributed by atoms with Crippen LogP contribution in [0.5, 0.6) is 0 Å². The lowest BCUT2D eigenvalue weighted by Crippen LogP contribution is -2.21. The Hall–Kier alpha value is -2.48. The van der Waals surface area contributed by atoms with E-state index in [4.69, 9.17) is 0 Å². The van der Waals surface area contributed by atoms with Gasteiger partial charge in [0.2, 0.25) is 0 Å². The number of aromatic amines is 4. The molecule has 2 heterocycles. The monoisotopic (exact) mass is 278 g/mol. The smallest absolute Gasteiger partial charge is 0.300 e. The van der Waals surface area contributed by atoms with Crippen molar-refractivity contribution in [1.82, 2.24) is 19.9 Å². The average Bonchev–Trinajstić information content (AvgIpc) is 2.72. The molecule has 0 aliphatic rings. The van der Waals surface area contributed by atoms with Crippen LogP contribution in [0.15, 0.2) is 49.6 Å². The molecule has 1 aromatic carbocycles. The summed E-state index contributed by atoms with van der Waals surface area (Å²) in [7, 11) is 0. The Morgan fingerprint density at radius 3 is 1.89 bits per heavy atom. The highest BCUT2D eigenvalue weighted by atomic mass is 32.1. The quantitative estimate of drug-likeness (QED) is 0.379. The maximum absolute atomic E-state index is 10.9. The Balaban J connectivity index is 0.000000163. The number of H-pyrrole nitrogens is 4. The zero-order valence-electron chi connectivity index (χ0n) is 9.56. The third kappa shape index (κ3) is 3.26. The molecule has 0 amide bonds. The number of aromatic nitrogens is 4. The summed E-state index contributed by atoms with van der Waals surface area (Å²) in [6.07, 6.45) is 0. The van der Waals surface area contributed by atoms with E-state index >= 15 is 0 Å². The maximum Gasteiger partial charge on any atom is 0.327 e. The molecule has 4 N–H and O–H groups in total. The highest BCUT2D eigenvalue weighted by Gasteiger charge is 2.02. The Morgan fingerprint density at radius 2 is 1.37 bits per heavy atom. The lowest BCUT2D eigenvalue weighted by atomic mass is 10.4. The van der Waals surface area contributed by atoms with Gasteiger partial charge in [-0.15, -0.1) is 12.6 Å². The summed E-state index contributed by atoms with van der Waals surface area (Å²) in [4.78, 5) is 42.0. The van der Waals surface area contributed by atoms with Gasteiger partial charge in [0.1, 0.15) is 11.2 Å². The zero-order chi connectivity index (χ0) is 13.8. The molecule has 0 unspecified atom stereocenters. The van der Waals surface area contributed by atoms with Crippen molar-refractivity contribution in [1.29, 1.82) is 0 Å². The minimum atomic E-state index is -0.650. The van der Waals surface area contributed by atoms with Gasteiger partial charge in [0, 0.05) is 4.90 Å². The number of hydrogen-bond acceptors (Lipinski definition) is 4. The molecule has 0 saturated carbocycles. The summed E-state index contributed by atoms with van der Waals surface area (Å²) in [5.74, 6) is 0. The summed E-state index contributed by atoms with van der Waals surface area (Å²) in [5, 5.41) is 0. The fourth-order valence-corrected chi connectivity index (χ4v) is 1.56. The van der Waals surface area contributed by atoms with E-state index in [1.807, 2.05) is 35.3 Å². The molecule has 0 spiro atoms. The van der Waals surface area contributed by atoms with Crippen LogP contribution in [-0.2, 0) is 0 Å². The van der Waals surface area contributed by atoms with Gasteiger partial charge >= 0.3 is 11.4 Å². The molecule has 7 nitrogen and oxygen atoms in total. The molecule has 0 aliphatic heterocycles. The normalized spacial score (nSPS) is 9.95. The third-order valence-corrected chi connectivity index (χ3v) is 2.47. The van der Waals surface area contributed by atoms with Gasteiger partial charge in [0.25, 0.3) is 5.56 Å². The van der Waals surface area contributed by atoms with Gasteiger partial charge in [-0.25, -0.2) is 9.59 Å². The Labute approximate surface area is 111 Å². The van der Waals surface area contributed by atoms with Crippen molar-refractivity contribution >= 4 is 23.8 Å². The van der Waals surface area contributed by atoms with E-state index in [1.54, 1.807) is 0 Å². The first-order valence-corrected chi connectivity index (χ1v) is 5.69. The molecular weight excluding hydrogens is 268 g/mol. The number of imidazole rings is 1. The molecule has 0 atom stereocenters. The molecule has 0 radical (unpaired) electrons. The lowest BCUT2D eigenvalue weighted by Gasteiger charge is -1.83. The first-order chi connectivity index (χ1) is 9.06. The lowest BCUT2D eigenvalue weighted by molar-refractivity contribution is 1.07. The van der Waals surface area contributed by atoms with E-state index in [0.29, 0.717) is 0 Å². The second-order valence-electron chi connectivity index (χ2n) is 3.57. The topological polar surface area (TPSA) is 114 Å². The van der Waals surface area contributed by atoms with Crippen molar-refractivity contribution in [3.63, 3.8) is 0 Å². The highest BCUT2D eigenvalue weighted by Crippen LogP contribution is 2.00. The van der Waals surface area contributed by atoms with Crippen LogP contribution in [0.25, 0.3) is 11.2 Å². The van der Waals surface area contributed by atoms with Crippen molar-refractivity contribution in [3.05, 3.63) is 61.7 Å². The van der Waals surface area contributed by atoms with Crippen LogP contribution >= 0.6 is 12.6 Å². The Kier molecular flexibility index (Phi) is 3.71. The summed E-state index contributed by atoms with van der Waals surface area (Å²) in [6.45, 7) is 0. The number of rotatable bonds is 0. The summed E-state index contributed by atoms with van der Waals surface area (Å²) in [5.41, 5.74) is -1.65. The van der Waals surface area contributed by atoms with Crippen molar-refractivity contribution in [2.45, 2.75) is 4.90 Å². The molecule has 3 rings (SSSR count). The summed E-state index contributed by atoms with van der Waals surface area (Å²) in [6, 6.07) is 9.79. The van der Waals surface area contributed by atoms with E-state index in [1.165, 1.54) is 0 Å². The fraction of sp³-hybridized carbons (Fsp3) is 0. The second kappa shape index (κ2) is 5.44. The first kappa shape index (κ1) is 13.0. The van der Waals surface area contributed by atoms with Crippen molar-refractivity contribution < 1.29 is 0 Å². The van der Waals surface area contributed by atoms with E-state index in [0.717, 1.165) is 4.90 Å². The molecular formula is C11H10N4O3S. The molecule has 0 saturated heterocycles. The summed E-state index contributed by atoms with van der Waals surface area (Å²) >= 11 is 4.08. The van der Waals surface area contributed by atoms with E-state index in [2.05, 4.69) is 27.6 Å². The maximum atomic E-state index is 10.9. The summed E-state index contributed by atoms with van der Waals surface area (Å²) < 4.78 is 0. The van der Waals surface area contributed by atoms with Crippen LogP contribution in [0.4, 0.5) is 0 Å². The van der Waals surface area contributed by atoms with Crippen molar-refractivity contribution in [2.24, 2.45) is 0 Å². The van der Waals surface area contributed by atoms with Crippen LogP contribution in [0, 0.1) is 0 Å². The minimum absolute atomic E-state index is 0.0413. The molecule has 8 heteroatoms. The molecule has 0 bridgehead atoms. The predicted octanol–water partition coefficient (Wildman–Crippen LogP) is 0.208. The van der Waals surface area contributed by atoms with Crippen LogP contribution < -0.4 is 16.9 Å². The van der Waals surface area contributed by atoms with E-state index < -0.39 is 16.9 Å². The van der Waals surface area contributed by atoms with Gasteiger partial charge in [0.15, 0.2) is 0 Å². The Bertz CT molecular complexity index is 844. The highest BCUT2D eigenvalue weighted by molar-refractivity contribution is 7.80. The average molecular weight is 278 g/mol. The Morgan fingerprint density at radius 1 is 0.789 bits per heavy atom. The number of benzene rings is 1. The number of hydrogen-bond donors (Lipinski definition) is 5. The van der Waals surface area contributed by atoms with Gasteiger partial charge in [-0.05, 0) is 12.1 Å². The number of nitrogens with one attached hydrogen (secondary N) is 4. The standard InChI is InChI=1S/C6H6S.C5H4N4O3/c7-6-4-2-1-3-5-6;10-3-1-2(7-4(11)6-1)8-5(12)9-3/h1-5,7H;(H4,6,7,8,9,10,11,12). The largest absolute Gasteiger partial charge is 0.327 e. The third-order valence-electron chi connectivity index (χ3n) is 2.18. The molecule has 0 aliphatic carbocycles. The van der Waals surface area contributed by atoms with E-state index in [9.17, 15) is 14.4 Å². The predicted molar refractivity (Wildman–Crippen MR) is 73.9 cm³/mol. The van der Waals surface area contributed by atoms with Gasteiger partial charge in [-0.3, -0.25) is 24.7 Å². The fourth-order valence-electron chi connectivity index (χ4n) is 1.39. The van der Waals surface area contributed by atoms with Gasteiger partial charge in [0.05, 0.1) is 0 Å². The second-order valence-corrected chi connectivity index (χ2v) is 4.09. The molecule has 19 heavy (non-hydrogen) atoms. The van der Waals surface area contributed by atoms with Gasteiger partial charge in [-0.2, -0.15) is 0 Å². The van der Waals surface area contributed by atoms with Crippen LogP contribution in [0.2, 0.25) is 0 Å². The van der Waals surface area contributed by atoms with Crippen LogP contribution in [-0.4, -0.2) is 19.9 Å². The molecule has 2 aromatic heterocycles. The molecule has 3 aromatic rings. The molecule has 0 fully saturated rings. The number of thiol groups is 1.